The summed E-state index contributed by atoms with van der Waals surface area (Å²) < 4.78 is 18.7. The molecule has 0 spiro atoms. The van der Waals surface area contributed by atoms with Crippen molar-refractivity contribution in [3.63, 3.8) is 0 Å². The molecule has 214 valence electrons. The summed E-state index contributed by atoms with van der Waals surface area (Å²) in [4.78, 5) is 11.6. The van der Waals surface area contributed by atoms with E-state index in [9.17, 15) is 4.79 Å². The van der Waals surface area contributed by atoms with Gasteiger partial charge in [-0.1, -0.05) is 97.1 Å². The second-order valence-corrected chi connectivity index (χ2v) is 18.9. The molecule has 0 heterocycles. The van der Waals surface area contributed by atoms with Crippen molar-refractivity contribution in [3.8, 4) is 11.5 Å². The minimum absolute atomic E-state index is 0.290. The van der Waals surface area contributed by atoms with E-state index >= 15 is 0 Å². The molecule has 2 atom stereocenters. The SMILES string of the molecule is COc1ccccc1CCC[Si](C)(O[Si](C)(CCCc1ccccc1OC(C)=O)c1ccccc1)c1ccccc1. The molecule has 0 amide bonds. The van der Waals surface area contributed by atoms with Gasteiger partial charge in [-0.3, -0.25) is 4.79 Å². The Balaban J connectivity index is 1.58. The number of hydrogen-bond donors (Lipinski definition) is 0. The lowest BCUT2D eigenvalue weighted by atomic mass is 10.1. The van der Waals surface area contributed by atoms with E-state index in [-0.39, 0.29) is 5.97 Å². The highest BCUT2D eigenvalue weighted by molar-refractivity contribution is 6.97. The molecule has 6 heteroatoms. The van der Waals surface area contributed by atoms with Gasteiger partial charge in [-0.25, -0.2) is 0 Å². The van der Waals surface area contributed by atoms with Crippen molar-refractivity contribution in [2.24, 2.45) is 0 Å². The molecule has 0 fully saturated rings. The molecule has 0 bridgehead atoms. The maximum absolute atomic E-state index is 11.6. The Morgan fingerprint density at radius 1 is 0.610 bits per heavy atom. The topological polar surface area (TPSA) is 44.8 Å². The van der Waals surface area contributed by atoms with Crippen LogP contribution in [0.25, 0.3) is 0 Å². The highest BCUT2D eigenvalue weighted by Gasteiger charge is 2.41. The zero-order chi connectivity index (χ0) is 29.1. The smallest absolute Gasteiger partial charge is 0.308 e. The third-order valence-electron chi connectivity index (χ3n) is 7.84. The maximum atomic E-state index is 11.6. The van der Waals surface area contributed by atoms with Crippen LogP contribution in [0.4, 0.5) is 0 Å². The number of ether oxygens (including phenoxy) is 2. The summed E-state index contributed by atoms with van der Waals surface area (Å²) in [5.74, 6) is 1.32. The van der Waals surface area contributed by atoms with Gasteiger partial charge in [0.15, 0.2) is 0 Å². The molecule has 0 aliphatic heterocycles. The van der Waals surface area contributed by atoms with Crippen molar-refractivity contribution < 1.29 is 18.4 Å². The highest BCUT2D eigenvalue weighted by atomic mass is 28.4. The third kappa shape index (κ3) is 8.29. The molecule has 4 nitrogen and oxygen atoms in total. The molecule has 0 saturated carbocycles. The van der Waals surface area contributed by atoms with Crippen LogP contribution >= 0.6 is 0 Å². The van der Waals surface area contributed by atoms with Gasteiger partial charge in [-0.05, 0) is 84.5 Å². The lowest BCUT2D eigenvalue weighted by Gasteiger charge is -2.39. The van der Waals surface area contributed by atoms with Crippen molar-refractivity contribution in [2.45, 2.75) is 57.8 Å². The Kier molecular flexibility index (Phi) is 10.7. The Labute approximate surface area is 247 Å². The molecule has 0 aromatic heterocycles. The van der Waals surface area contributed by atoms with Crippen LogP contribution in [0.5, 0.6) is 11.5 Å². The number of methoxy groups -OCH3 is 1. The highest BCUT2D eigenvalue weighted by Crippen LogP contribution is 2.28. The zero-order valence-corrected chi connectivity index (χ0v) is 26.8. The monoisotopic (exact) mass is 582 g/mol. The van der Waals surface area contributed by atoms with E-state index < -0.39 is 16.6 Å². The van der Waals surface area contributed by atoms with Gasteiger partial charge in [-0.2, -0.15) is 0 Å². The second kappa shape index (κ2) is 14.4. The van der Waals surface area contributed by atoms with E-state index in [1.807, 2.05) is 30.3 Å². The number of hydrogen-bond acceptors (Lipinski definition) is 4. The van der Waals surface area contributed by atoms with Crippen molar-refractivity contribution in [2.75, 3.05) is 7.11 Å². The van der Waals surface area contributed by atoms with Gasteiger partial charge in [0, 0.05) is 6.92 Å². The van der Waals surface area contributed by atoms with Crippen LogP contribution in [0.15, 0.2) is 109 Å². The summed E-state index contributed by atoms with van der Waals surface area (Å²) in [7, 11) is -2.96. The molecule has 0 aliphatic carbocycles. The number of aryl methyl sites for hydroxylation is 2. The van der Waals surface area contributed by atoms with Gasteiger partial charge in [0.05, 0.1) is 7.11 Å². The molecular weight excluding hydrogens is 541 g/mol. The Morgan fingerprint density at radius 3 is 1.49 bits per heavy atom. The third-order valence-corrected chi connectivity index (χ3v) is 17.2. The molecular formula is C35H42O4Si2. The van der Waals surface area contributed by atoms with Gasteiger partial charge in [-0.15, -0.1) is 0 Å². The predicted octanol–water partition coefficient (Wildman–Crippen LogP) is 7.17. The first-order valence-electron chi connectivity index (χ1n) is 14.5. The van der Waals surface area contributed by atoms with E-state index in [0.29, 0.717) is 5.75 Å². The molecule has 4 aromatic carbocycles. The van der Waals surface area contributed by atoms with Crippen LogP contribution in [0.2, 0.25) is 25.2 Å². The Morgan fingerprint density at radius 2 is 1.02 bits per heavy atom. The molecule has 41 heavy (non-hydrogen) atoms. The Hall–Kier alpha value is -3.46. The second-order valence-electron chi connectivity index (χ2n) is 11.0. The first-order chi connectivity index (χ1) is 19.8. The first-order valence-corrected chi connectivity index (χ1v) is 19.8. The summed E-state index contributed by atoms with van der Waals surface area (Å²) in [6.45, 7) is 6.23. The zero-order valence-electron chi connectivity index (χ0n) is 24.8. The fraction of sp³-hybridized carbons (Fsp3) is 0.286. The molecule has 4 aromatic rings. The van der Waals surface area contributed by atoms with Crippen LogP contribution in [0.1, 0.15) is 30.9 Å². The van der Waals surface area contributed by atoms with Crippen LogP contribution in [-0.4, -0.2) is 29.7 Å². The predicted molar refractivity (Wildman–Crippen MR) is 173 cm³/mol. The standard InChI is InChI=1S/C35H42O4Si2/c1-29(36)38-35-26-14-12-18-31(35)20-16-28-41(4,33-23-9-6-10-24-33)39-40(3,32-21-7-5-8-22-32)27-15-19-30-17-11-13-25-34(30)37-2/h5-14,17-18,21-26H,15-16,19-20,27-28H2,1-4H3. The Bertz CT molecular complexity index is 1400. The number of benzene rings is 4. The largest absolute Gasteiger partial charge is 0.496 e. The number of para-hydroxylation sites is 2. The summed E-state index contributed by atoms with van der Waals surface area (Å²) in [6.07, 6.45) is 3.78. The number of carbonyl (C=O) groups excluding carboxylic acids is 1. The van der Waals surface area contributed by atoms with Crippen LogP contribution in [0, 0.1) is 0 Å². The van der Waals surface area contributed by atoms with Crippen LogP contribution in [-0.2, 0) is 21.8 Å². The minimum atomic E-state index is -2.36. The fourth-order valence-corrected chi connectivity index (χ4v) is 15.5. The molecule has 0 aliphatic rings. The number of esters is 1. The average Bonchev–Trinajstić information content (AvgIpc) is 2.99. The van der Waals surface area contributed by atoms with Gasteiger partial charge in [0.2, 0.25) is 16.6 Å². The normalized spacial score (nSPS) is 14.0. The maximum Gasteiger partial charge on any atom is 0.308 e. The van der Waals surface area contributed by atoms with E-state index in [1.165, 1.54) is 22.9 Å². The van der Waals surface area contributed by atoms with Crippen molar-refractivity contribution in [1.29, 1.82) is 0 Å². The van der Waals surface area contributed by atoms with E-state index in [4.69, 9.17) is 13.6 Å². The molecule has 2 unspecified atom stereocenters. The van der Waals surface area contributed by atoms with Gasteiger partial charge in [0.1, 0.15) is 11.5 Å². The summed E-state index contributed by atoms with van der Waals surface area (Å²) in [5.41, 5.74) is 2.31. The fourth-order valence-electron chi connectivity index (χ4n) is 5.69. The van der Waals surface area contributed by atoms with Gasteiger partial charge >= 0.3 is 5.97 Å². The molecule has 4 rings (SSSR count). The van der Waals surface area contributed by atoms with Crippen molar-refractivity contribution in [3.05, 3.63) is 120 Å². The quantitative estimate of drug-likeness (QED) is 0.0899. The summed E-state index contributed by atoms with van der Waals surface area (Å²) in [5, 5.41) is 2.67. The summed E-state index contributed by atoms with van der Waals surface area (Å²) >= 11 is 0. The minimum Gasteiger partial charge on any atom is -0.496 e. The van der Waals surface area contributed by atoms with Gasteiger partial charge in [0.25, 0.3) is 0 Å². The van der Waals surface area contributed by atoms with Crippen LogP contribution in [0.3, 0.4) is 0 Å². The lowest BCUT2D eigenvalue weighted by molar-refractivity contribution is -0.131. The van der Waals surface area contributed by atoms with E-state index in [1.54, 1.807) is 7.11 Å². The average molecular weight is 583 g/mol. The van der Waals surface area contributed by atoms with Crippen LogP contribution < -0.4 is 19.8 Å². The number of rotatable bonds is 14. The van der Waals surface area contributed by atoms with Crippen molar-refractivity contribution in [1.82, 2.24) is 0 Å². The van der Waals surface area contributed by atoms with E-state index in [2.05, 4.69) is 92.0 Å². The molecule has 0 N–H and O–H groups in total. The van der Waals surface area contributed by atoms with Gasteiger partial charge < -0.3 is 13.6 Å². The molecule has 0 saturated heterocycles. The first kappa shape index (κ1) is 30.5. The van der Waals surface area contributed by atoms with Crippen molar-refractivity contribution >= 4 is 33.0 Å². The molecule has 0 radical (unpaired) electrons. The summed E-state index contributed by atoms with van der Waals surface area (Å²) in [6, 6.07) is 39.9. The number of carbonyl (C=O) groups is 1. The van der Waals surface area contributed by atoms with E-state index in [0.717, 1.165) is 49.1 Å². The lowest BCUT2D eigenvalue weighted by Crippen LogP contribution is -2.60.